The fraction of sp³-hybridized carbons (Fsp3) is 0.222. The first-order valence-electron chi connectivity index (χ1n) is 7.87. The van der Waals surface area contributed by atoms with Crippen molar-refractivity contribution in [1.82, 2.24) is 25.1 Å². The molecule has 3 rings (SSSR count). The number of rotatable bonds is 6. The molecule has 0 aliphatic rings. The number of methoxy groups -OCH3 is 1. The van der Waals surface area contributed by atoms with Gasteiger partial charge in [0.05, 0.1) is 13.2 Å². The molecule has 0 aliphatic heterocycles. The summed E-state index contributed by atoms with van der Waals surface area (Å²) in [6.07, 6.45) is 6.37. The zero-order valence-corrected chi connectivity index (χ0v) is 14.0. The van der Waals surface area contributed by atoms with Crippen molar-refractivity contribution in [3.05, 3.63) is 72.6 Å². The Kier molecular flexibility index (Phi) is 5.03. The van der Waals surface area contributed by atoms with Gasteiger partial charge in [-0.05, 0) is 36.2 Å². The number of amides is 1. The van der Waals surface area contributed by atoms with Gasteiger partial charge >= 0.3 is 0 Å². The summed E-state index contributed by atoms with van der Waals surface area (Å²) in [7, 11) is 1.61. The van der Waals surface area contributed by atoms with E-state index >= 15 is 0 Å². The van der Waals surface area contributed by atoms with Gasteiger partial charge in [0.2, 0.25) is 5.91 Å². The summed E-state index contributed by atoms with van der Waals surface area (Å²) in [5.41, 5.74) is 1.79. The van der Waals surface area contributed by atoms with E-state index in [0.717, 1.165) is 16.9 Å². The van der Waals surface area contributed by atoms with Crippen LogP contribution in [0, 0.1) is 0 Å². The van der Waals surface area contributed by atoms with Gasteiger partial charge in [0.1, 0.15) is 24.4 Å². The molecule has 1 aromatic carbocycles. The van der Waals surface area contributed by atoms with Crippen LogP contribution in [0.4, 0.5) is 0 Å². The first kappa shape index (κ1) is 16.6. The van der Waals surface area contributed by atoms with Gasteiger partial charge in [-0.3, -0.25) is 9.78 Å². The second-order valence-corrected chi connectivity index (χ2v) is 5.56. The molecule has 3 aromatic rings. The van der Waals surface area contributed by atoms with E-state index in [1.165, 1.54) is 17.3 Å². The number of pyridine rings is 1. The summed E-state index contributed by atoms with van der Waals surface area (Å²) in [4.78, 5) is 20.8. The predicted molar refractivity (Wildman–Crippen MR) is 91.9 cm³/mol. The van der Waals surface area contributed by atoms with Crippen molar-refractivity contribution < 1.29 is 9.53 Å². The number of carbonyl (C=O) groups excluding carboxylic acids is 1. The third kappa shape index (κ3) is 3.82. The molecule has 1 N–H and O–H groups in total. The minimum absolute atomic E-state index is 0.165. The number of benzene rings is 1. The average molecular weight is 337 g/mol. The summed E-state index contributed by atoms with van der Waals surface area (Å²) in [6, 6.07) is 10.6. The third-order valence-electron chi connectivity index (χ3n) is 3.94. The standard InChI is InChI=1S/C18H19N5O2/c1-13(23-12-20-11-21-23)18(24)22-17(15-6-4-8-19-10-15)14-5-3-7-16(9-14)25-2/h3-13,17H,1-2H3,(H,22,24)/t13-,17-/m1/s1. The second kappa shape index (κ2) is 7.57. The summed E-state index contributed by atoms with van der Waals surface area (Å²) in [5.74, 6) is 0.562. The highest BCUT2D eigenvalue weighted by atomic mass is 16.5. The Morgan fingerprint density at radius 2 is 2.04 bits per heavy atom. The molecule has 7 heteroatoms. The van der Waals surface area contributed by atoms with Gasteiger partial charge < -0.3 is 10.1 Å². The van der Waals surface area contributed by atoms with E-state index in [0.29, 0.717) is 0 Å². The zero-order chi connectivity index (χ0) is 17.6. The van der Waals surface area contributed by atoms with Crippen molar-refractivity contribution in [3.63, 3.8) is 0 Å². The lowest BCUT2D eigenvalue weighted by Gasteiger charge is -2.22. The fourth-order valence-corrected chi connectivity index (χ4v) is 2.53. The first-order chi connectivity index (χ1) is 12.2. The van der Waals surface area contributed by atoms with Crippen molar-refractivity contribution in [1.29, 1.82) is 0 Å². The molecule has 0 unspecified atom stereocenters. The Bertz CT molecular complexity index is 821. The zero-order valence-electron chi connectivity index (χ0n) is 14.0. The highest BCUT2D eigenvalue weighted by Gasteiger charge is 2.22. The molecule has 1 amide bonds. The highest BCUT2D eigenvalue weighted by molar-refractivity contribution is 5.80. The van der Waals surface area contributed by atoms with Crippen LogP contribution < -0.4 is 10.1 Å². The first-order valence-corrected chi connectivity index (χ1v) is 7.87. The number of hydrogen-bond acceptors (Lipinski definition) is 5. The van der Waals surface area contributed by atoms with Crippen LogP contribution in [0.15, 0.2) is 61.4 Å². The number of hydrogen-bond donors (Lipinski definition) is 1. The quantitative estimate of drug-likeness (QED) is 0.745. The van der Waals surface area contributed by atoms with Crippen molar-refractivity contribution in [2.45, 2.75) is 19.0 Å². The second-order valence-electron chi connectivity index (χ2n) is 5.56. The number of nitrogens with one attached hydrogen (secondary N) is 1. The van der Waals surface area contributed by atoms with E-state index in [2.05, 4.69) is 20.4 Å². The SMILES string of the molecule is COc1cccc([C@@H](NC(=O)[C@@H](C)n2cncn2)c2cccnc2)c1. The van der Waals surface area contributed by atoms with Gasteiger partial charge in [-0.1, -0.05) is 18.2 Å². The molecule has 25 heavy (non-hydrogen) atoms. The van der Waals surface area contributed by atoms with Gasteiger partial charge in [0, 0.05) is 12.4 Å². The number of ether oxygens (including phenoxy) is 1. The molecule has 0 fully saturated rings. The normalized spacial score (nSPS) is 13.0. The molecule has 0 aliphatic carbocycles. The van der Waals surface area contributed by atoms with Crippen LogP contribution in [0.2, 0.25) is 0 Å². The lowest BCUT2D eigenvalue weighted by Crippen LogP contribution is -2.35. The van der Waals surface area contributed by atoms with Gasteiger partial charge in [-0.2, -0.15) is 5.10 Å². The fourth-order valence-electron chi connectivity index (χ4n) is 2.53. The lowest BCUT2D eigenvalue weighted by molar-refractivity contribution is -0.124. The third-order valence-corrected chi connectivity index (χ3v) is 3.94. The molecule has 2 aromatic heterocycles. The van der Waals surface area contributed by atoms with Crippen molar-refractivity contribution in [2.24, 2.45) is 0 Å². The van der Waals surface area contributed by atoms with Crippen molar-refractivity contribution in [3.8, 4) is 5.75 Å². The van der Waals surface area contributed by atoms with Gasteiger partial charge in [0.25, 0.3) is 0 Å². The minimum Gasteiger partial charge on any atom is -0.497 e. The molecule has 128 valence electrons. The number of carbonyl (C=O) groups is 1. The molecular formula is C18H19N5O2. The van der Waals surface area contributed by atoms with E-state index < -0.39 is 6.04 Å². The van der Waals surface area contributed by atoms with Crippen LogP contribution in [-0.2, 0) is 4.79 Å². The Balaban J connectivity index is 1.90. The Labute approximate surface area is 145 Å². The number of aromatic nitrogens is 4. The lowest BCUT2D eigenvalue weighted by atomic mass is 9.99. The predicted octanol–water partition coefficient (Wildman–Crippen LogP) is 2.15. The highest BCUT2D eigenvalue weighted by Crippen LogP contribution is 2.25. The summed E-state index contributed by atoms with van der Waals surface area (Å²) < 4.78 is 6.82. The Morgan fingerprint density at radius 3 is 2.72 bits per heavy atom. The molecule has 7 nitrogen and oxygen atoms in total. The average Bonchev–Trinajstić information content (AvgIpc) is 3.20. The van der Waals surface area contributed by atoms with Crippen molar-refractivity contribution in [2.75, 3.05) is 7.11 Å². The largest absolute Gasteiger partial charge is 0.497 e. The maximum Gasteiger partial charge on any atom is 0.245 e. The van der Waals surface area contributed by atoms with Crippen LogP contribution in [0.5, 0.6) is 5.75 Å². The van der Waals surface area contributed by atoms with Crippen LogP contribution in [0.1, 0.15) is 30.1 Å². The molecule has 0 saturated heterocycles. The number of nitrogens with zero attached hydrogens (tertiary/aromatic N) is 4. The molecule has 2 heterocycles. The summed E-state index contributed by atoms with van der Waals surface area (Å²) in [5, 5.41) is 7.10. The van der Waals surface area contributed by atoms with Gasteiger partial charge in [-0.25, -0.2) is 9.67 Å². The maximum atomic E-state index is 12.7. The van der Waals surface area contributed by atoms with Gasteiger partial charge in [-0.15, -0.1) is 0 Å². The van der Waals surface area contributed by atoms with Crippen molar-refractivity contribution >= 4 is 5.91 Å². The van der Waals surface area contributed by atoms with Gasteiger partial charge in [0.15, 0.2) is 0 Å². The molecule has 0 spiro atoms. The molecule has 2 atom stereocenters. The minimum atomic E-state index is -0.479. The topological polar surface area (TPSA) is 81.9 Å². The van der Waals surface area contributed by atoms with Crippen LogP contribution in [-0.4, -0.2) is 32.8 Å². The van der Waals surface area contributed by atoms with Crippen LogP contribution in [0.25, 0.3) is 0 Å². The van der Waals surface area contributed by atoms with E-state index in [1.54, 1.807) is 26.4 Å². The molecule has 0 saturated carbocycles. The monoisotopic (exact) mass is 337 g/mol. The van der Waals surface area contributed by atoms with E-state index in [4.69, 9.17) is 4.74 Å². The molecule has 0 bridgehead atoms. The van der Waals surface area contributed by atoms with Crippen LogP contribution >= 0.6 is 0 Å². The Hall–Kier alpha value is -3.22. The molecular weight excluding hydrogens is 318 g/mol. The summed E-state index contributed by atoms with van der Waals surface area (Å²) >= 11 is 0. The van der Waals surface area contributed by atoms with E-state index in [-0.39, 0.29) is 11.9 Å². The Morgan fingerprint density at radius 1 is 1.20 bits per heavy atom. The van der Waals surface area contributed by atoms with Crippen LogP contribution in [0.3, 0.4) is 0 Å². The maximum absolute atomic E-state index is 12.7. The van der Waals surface area contributed by atoms with E-state index in [9.17, 15) is 4.79 Å². The summed E-state index contributed by atoms with van der Waals surface area (Å²) in [6.45, 7) is 1.77. The smallest absolute Gasteiger partial charge is 0.245 e. The molecule has 0 radical (unpaired) electrons. The van der Waals surface area contributed by atoms with E-state index in [1.807, 2.05) is 36.4 Å².